The van der Waals surface area contributed by atoms with Crippen LogP contribution >= 0.6 is 0 Å². The van der Waals surface area contributed by atoms with Crippen LogP contribution in [0, 0.1) is 6.92 Å². The standard InChI is InChI=1S/C13H19N5O/c1-9(2)13-16-11(6-12(19)17-13)14-4-5-18-8-10(3)7-15-18/h6-9H,4-5H2,1-3H3,(H2,14,16,17,19). The van der Waals surface area contributed by atoms with E-state index in [0.717, 1.165) is 12.1 Å². The van der Waals surface area contributed by atoms with E-state index in [9.17, 15) is 4.79 Å². The predicted molar refractivity (Wildman–Crippen MR) is 74.4 cm³/mol. The molecule has 0 bridgehead atoms. The molecule has 0 saturated carbocycles. The Morgan fingerprint density at radius 1 is 1.47 bits per heavy atom. The average Bonchev–Trinajstić information content (AvgIpc) is 2.74. The van der Waals surface area contributed by atoms with Crippen LogP contribution in [0.2, 0.25) is 0 Å². The molecule has 102 valence electrons. The van der Waals surface area contributed by atoms with Crippen molar-refractivity contribution in [2.45, 2.75) is 33.2 Å². The number of nitrogens with one attached hydrogen (secondary N) is 2. The van der Waals surface area contributed by atoms with E-state index in [0.29, 0.717) is 18.2 Å². The Balaban J connectivity index is 1.97. The fourth-order valence-electron chi connectivity index (χ4n) is 1.73. The van der Waals surface area contributed by atoms with Crippen LogP contribution in [0.25, 0.3) is 0 Å². The Hall–Kier alpha value is -2.11. The Bertz CT molecular complexity index is 599. The van der Waals surface area contributed by atoms with Crippen molar-refractivity contribution in [2.24, 2.45) is 0 Å². The summed E-state index contributed by atoms with van der Waals surface area (Å²) in [6.45, 7) is 7.40. The van der Waals surface area contributed by atoms with Crippen LogP contribution in [0.1, 0.15) is 31.2 Å². The molecule has 0 unspecified atom stereocenters. The van der Waals surface area contributed by atoms with Gasteiger partial charge in [-0.05, 0) is 12.5 Å². The normalized spacial score (nSPS) is 10.9. The van der Waals surface area contributed by atoms with Crippen molar-refractivity contribution in [3.05, 3.63) is 40.2 Å². The van der Waals surface area contributed by atoms with Gasteiger partial charge in [0.2, 0.25) is 0 Å². The van der Waals surface area contributed by atoms with Gasteiger partial charge in [-0.2, -0.15) is 5.10 Å². The minimum Gasteiger partial charge on any atom is -0.368 e. The highest BCUT2D eigenvalue weighted by molar-refractivity contribution is 5.33. The maximum Gasteiger partial charge on any atom is 0.252 e. The second-order valence-electron chi connectivity index (χ2n) is 4.88. The fraction of sp³-hybridized carbons (Fsp3) is 0.462. The molecule has 0 radical (unpaired) electrons. The molecule has 2 heterocycles. The van der Waals surface area contributed by atoms with E-state index in [-0.39, 0.29) is 11.5 Å². The third kappa shape index (κ3) is 3.67. The van der Waals surface area contributed by atoms with Gasteiger partial charge in [0.25, 0.3) is 5.56 Å². The van der Waals surface area contributed by atoms with Crippen LogP contribution in [0.4, 0.5) is 5.82 Å². The van der Waals surface area contributed by atoms with Gasteiger partial charge in [-0.25, -0.2) is 4.98 Å². The van der Waals surface area contributed by atoms with E-state index in [2.05, 4.69) is 20.4 Å². The first-order valence-electron chi connectivity index (χ1n) is 6.39. The molecule has 0 fully saturated rings. The number of aromatic amines is 1. The van der Waals surface area contributed by atoms with Gasteiger partial charge in [-0.15, -0.1) is 0 Å². The van der Waals surface area contributed by atoms with Gasteiger partial charge >= 0.3 is 0 Å². The smallest absolute Gasteiger partial charge is 0.252 e. The van der Waals surface area contributed by atoms with Crippen molar-refractivity contribution in [2.75, 3.05) is 11.9 Å². The first kappa shape index (κ1) is 13.3. The molecular weight excluding hydrogens is 242 g/mol. The lowest BCUT2D eigenvalue weighted by Gasteiger charge is -2.09. The quantitative estimate of drug-likeness (QED) is 0.855. The summed E-state index contributed by atoms with van der Waals surface area (Å²) in [5.74, 6) is 1.50. The highest BCUT2D eigenvalue weighted by Crippen LogP contribution is 2.08. The Kier molecular flexibility index (Phi) is 3.99. The van der Waals surface area contributed by atoms with Crippen molar-refractivity contribution < 1.29 is 0 Å². The number of hydrogen-bond acceptors (Lipinski definition) is 4. The average molecular weight is 261 g/mol. The van der Waals surface area contributed by atoms with Crippen LogP contribution in [-0.2, 0) is 6.54 Å². The molecule has 0 aliphatic heterocycles. The monoisotopic (exact) mass is 261 g/mol. The van der Waals surface area contributed by atoms with Crippen molar-refractivity contribution in [3.8, 4) is 0 Å². The number of H-pyrrole nitrogens is 1. The molecule has 0 atom stereocenters. The SMILES string of the molecule is Cc1cnn(CCNc2cc(=O)[nH]c(C(C)C)n2)c1. The van der Waals surface area contributed by atoms with Crippen LogP contribution in [0.15, 0.2) is 23.3 Å². The molecule has 0 aliphatic rings. The number of hydrogen-bond donors (Lipinski definition) is 2. The summed E-state index contributed by atoms with van der Waals surface area (Å²) in [5, 5.41) is 7.35. The molecule has 2 rings (SSSR count). The summed E-state index contributed by atoms with van der Waals surface area (Å²) in [6, 6.07) is 1.47. The molecule has 19 heavy (non-hydrogen) atoms. The van der Waals surface area contributed by atoms with Gasteiger partial charge in [-0.1, -0.05) is 13.8 Å². The molecule has 6 heteroatoms. The highest BCUT2D eigenvalue weighted by Gasteiger charge is 2.04. The number of aromatic nitrogens is 4. The maximum atomic E-state index is 11.5. The van der Waals surface area contributed by atoms with E-state index in [1.54, 1.807) is 0 Å². The first-order valence-corrected chi connectivity index (χ1v) is 6.39. The summed E-state index contributed by atoms with van der Waals surface area (Å²) in [4.78, 5) is 18.6. The maximum absolute atomic E-state index is 11.5. The largest absolute Gasteiger partial charge is 0.368 e. The van der Waals surface area contributed by atoms with E-state index in [4.69, 9.17) is 0 Å². The lowest BCUT2D eigenvalue weighted by Crippen LogP contribution is -2.17. The molecule has 0 saturated heterocycles. The third-order valence-electron chi connectivity index (χ3n) is 2.72. The topological polar surface area (TPSA) is 75.6 Å². The summed E-state index contributed by atoms with van der Waals surface area (Å²) >= 11 is 0. The van der Waals surface area contributed by atoms with E-state index in [1.165, 1.54) is 6.07 Å². The molecule has 6 nitrogen and oxygen atoms in total. The van der Waals surface area contributed by atoms with Crippen molar-refractivity contribution in [1.29, 1.82) is 0 Å². The fourth-order valence-corrected chi connectivity index (χ4v) is 1.73. The Labute approximate surface area is 111 Å². The molecular formula is C13H19N5O. The van der Waals surface area contributed by atoms with Gasteiger partial charge < -0.3 is 10.3 Å². The second kappa shape index (κ2) is 5.69. The van der Waals surface area contributed by atoms with Crippen LogP contribution in [0.5, 0.6) is 0 Å². The summed E-state index contributed by atoms with van der Waals surface area (Å²) in [6.07, 6.45) is 3.80. The second-order valence-corrected chi connectivity index (χ2v) is 4.88. The van der Waals surface area contributed by atoms with E-state index in [1.807, 2.05) is 37.8 Å². The zero-order chi connectivity index (χ0) is 13.8. The van der Waals surface area contributed by atoms with Gasteiger partial charge in [0.05, 0.1) is 12.7 Å². The molecule has 0 aliphatic carbocycles. The van der Waals surface area contributed by atoms with Crippen molar-refractivity contribution >= 4 is 5.82 Å². The van der Waals surface area contributed by atoms with Crippen molar-refractivity contribution in [3.63, 3.8) is 0 Å². The molecule has 0 aromatic carbocycles. The molecule has 2 N–H and O–H groups in total. The van der Waals surface area contributed by atoms with E-state index < -0.39 is 0 Å². The Morgan fingerprint density at radius 3 is 2.89 bits per heavy atom. The van der Waals surface area contributed by atoms with Crippen LogP contribution < -0.4 is 10.9 Å². The summed E-state index contributed by atoms with van der Waals surface area (Å²) in [7, 11) is 0. The zero-order valence-electron chi connectivity index (χ0n) is 11.5. The lowest BCUT2D eigenvalue weighted by molar-refractivity contribution is 0.636. The number of aryl methyl sites for hydroxylation is 1. The van der Waals surface area contributed by atoms with Crippen LogP contribution in [-0.4, -0.2) is 26.3 Å². The molecule has 0 amide bonds. The van der Waals surface area contributed by atoms with Gasteiger partial charge in [0, 0.05) is 24.7 Å². The summed E-state index contributed by atoms with van der Waals surface area (Å²) < 4.78 is 1.86. The van der Waals surface area contributed by atoms with Crippen molar-refractivity contribution in [1.82, 2.24) is 19.7 Å². The molecule has 0 spiro atoms. The highest BCUT2D eigenvalue weighted by atomic mass is 16.1. The van der Waals surface area contributed by atoms with Crippen LogP contribution in [0.3, 0.4) is 0 Å². The predicted octanol–water partition coefficient (Wildman–Crippen LogP) is 1.51. The zero-order valence-corrected chi connectivity index (χ0v) is 11.5. The van der Waals surface area contributed by atoms with Gasteiger partial charge in [0.1, 0.15) is 11.6 Å². The molecule has 2 aromatic rings. The number of nitrogens with zero attached hydrogens (tertiary/aromatic N) is 3. The van der Waals surface area contributed by atoms with Gasteiger partial charge in [-0.3, -0.25) is 9.48 Å². The lowest BCUT2D eigenvalue weighted by atomic mass is 10.2. The minimum absolute atomic E-state index is 0.129. The third-order valence-corrected chi connectivity index (χ3v) is 2.72. The summed E-state index contributed by atoms with van der Waals surface area (Å²) in [5.41, 5.74) is 1.01. The Morgan fingerprint density at radius 2 is 2.26 bits per heavy atom. The minimum atomic E-state index is -0.129. The molecule has 2 aromatic heterocycles. The van der Waals surface area contributed by atoms with Gasteiger partial charge in [0.15, 0.2) is 0 Å². The first-order chi connectivity index (χ1) is 9.04. The number of rotatable bonds is 5. The number of anilines is 1. The van der Waals surface area contributed by atoms with E-state index >= 15 is 0 Å².